The number of hydrogen-bond donors (Lipinski definition) is 2. The van der Waals surface area contributed by atoms with Gasteiger partial charge in [-0.05, 0) is 19.1 Å². The van der Waals surface area contributed by atoms with E-state index in [9.17, 15) is 17.2 Å². The van der Waals surface area contributed by atoms with Crippen molar-refractivity contribution in [3.05, 3.63) is 42.2 Å². The summed E-state index contributed by atoms with van der Waals surface area (Å²) in [6.45, 7) is 2.43. The molecule has 21 heavy (non-hydrogen) atoms. The Balaban J connectivity index is 2.25. The summed E-state index contributed by atoms with van der Waals surface area (Å²) in [5.41, 5.74) is -0.219. The summed E-state index contributed by atoms with van der Waals surface area (Å²) in [5, 5.41) is 2.81. The van der Waals surface area contributed by atoms with Crippen LogP contribution in [0.15, 0.2) is 35.5 Å². The minimum Gasteiger partial charge on any atom is -0.355 e. The normalized spacial score (nSPS) is 11.2. The van der Waals surface area contributed by atoms with Crippen LogP contribution >= 0.6 is 0 Å². The predicted molar refractivity (Wildman–Crippen MR) is 73.4 cm³/mol. The molecule has 0 bridgehead atoms. The average molecular weight is 314 g/mol. The van der Waals surface area contributed by atoms with Crippen LogP contribution in [0, 0.1) is 11.6 Å². The van der Waals surface area contributed by atoms with Crippen LogP contribution in [0.25, 0.3) is 0 Å². The molecule has 0 fully saturated rings. The number of aromatic nitrogens is 2. The van der Waals surface area contributed by atoms with Crippen LogP contribution in [0.3, 0.4) is 0 Å². The number of halogens is 2. The summed E-state index contributed by atoms with van der Waals surface area (Å²) in [5.74, 6) is -1.48. The zero-order chi connectivity index (χ0) is 15.5. The first-order chi connectivity index (χ1) is 9.90. The fourth-order valence-electron chi connectivity index (χ4n) is 1.53. The van der Waals surface area contributed by atoms with Gasteiger partial charge in [-0.15, -0.1) is 0 Å². The Morgan fingerprint density at radius 3 is 2.19 bits per heavy atom. The van der Waals surface area contributed by atoms with E-state index in [0.717, 1.165) is 24.5 Å². The Labute approximate surface area is 120 Å². The fraction of sp³-hybridized carbons (Fsp3) is 0.167. The van der Waals surface area contributed by atoms with Crippen LogP contribution in [0.2, 0.25) is 0 Å². The highest BCUT2D eigenvalue weighted by Gasteiger charge is 2.16. The van der Waals surface area contributed by atoms with Gasteiger partial charge in [0, 0.05) is 12.6 Å². The van der Waals surface area contributed by atoms with Gasteiger partial charge < -0.3 is 5.32 Å². The second-order valence-corrected chi connectivity index (χ2v) is 5.72. The van der Waals surface area contributed by atoms with E-state index in [0.29, 0.717) is 12.6 Å². The lowest BCUT2D eigenvalue weighted by Crippen LogP contribution is -2.14. The number of sulfonamides is 1. The summed E-state index contributed by atoms with van der Waals surface area (Å²) in [4.78, 5) is 7.43. The van der Waals surface area contributed by atoms with Gasteiger partial charge in [-0.1, -0.05) is 0 Å². The van der Waals surface area contributed by atoms with E-state index in [1.807, 2.05) is 6.92 Å². The van der Waals surface area contributed by atoms with E-state index >= 15 is 0 Å². The molecule has 0 spiro atoms. The topological polar surface area (TPSA) is 84.0 Å². The highest BCUT2D eigenvalue weighted by molar-refractivity contribution is 7.92. The van der Waals surface area contributed by atoms with E-state index in [1.54, 1.807) is 0 Å². The number of nitrogens with zero attached hydrogens (tertiary/aromatic N) is 2. The molecule has 0 amide bonds. The van der Waals surface area contributed by atoms with Gasteiger partial charge in [0.25, 0.3) is 10.0 Å². The maximum Gasteiger partial charge on any atom is 0.264 e. The zero-order valence-electron chi connectivity index (χ0n) is 11.0. The molecule has 9 heteroatoms. The van der Waals surface area contributed by atoms with E-state index in [1.165, 1.54) is 0 Å². The second-order valence-electron chi connectivity index (χ2n) is 4.04. The van der Waals surface area contributed by atoms with Crippen molar-refractivity contribution in [2.75, 3.05) is 16.6 Å². The van der Waals surface area contributed by atoms with E-state index in [4.69, 9.17) is 0 Å². The van der Waals surface area contributed by atoms with Gasteiger partial charge in [0.1, 0.15) is 16.5 Å². The van der Waals surface area contributed by atoms with Crippen LogP contribution in [0.4, 0.5) is 20.4 Å². The molecule has 0 saturated heterocycles. The molecule has 1 aromatic carbocycles. The quantitative estimate of drug-likeness (QED) is 0.881. The van der Waals surface area contributed by atoms with Gasteiger partial charge in [0.2, 0.25) is 5.95 Å². The second kappa shape index (κ2) is 6.00. The standard InChI is InChI=1S/C12H12F2N4O2S/c1-2-15-12-16-6-11(7-17-12)21(19,20)18-10-4-8(13)3-9(14)5-10/h3-7,18H,2H2,1H3,(H,15,16,17). The van der Waals surface area contributed by atoms with Crippen molar-refractivity contribution in [2.45, 2.75) is 11.8 Å². The summed E-state index contributed by atoms with van der Waals surface area (Å²) in [6.07, 6.45) is 2.20. The Hall–Kier alpha value is -2.29. The Morgan fingerprint density at radius 2 is 1.67 bits per heavy atom. The monoisotopic (exact) mass is 314 g/mol. The smallest absolute Gasteiger partial charge is 0.264 e. The lowest BCUT2D eigenvalue weighted by atomic mass is 10.3. The number of benzene rings is 1. The highest BCUT2D eigenvalue weighted by atomic mass is 32.2. The predicted octanol–water partition coefficient (Wildman–Crippen LogP) is 1.99. The summed E-state index contributed by atoms with van der Waals surface area (Å²) >= 11 is 0. The van der Waals surface area contributed by atoms with Gasteiger partial charge in [-0.3, -0.25) is 4.72 Å². The molecule has 2 rings (SSSR count). The third-order valence-electron chi connectivity index (χ3n) is 2.39. The molecular formula is C12H12F2N4O2S. The third-order valence-corrected chi connectivity index (χ3v) is 3.72. The van der Waals surface area contributed by atoms with Gasteiger partial charge >= 0.3 is 0 Å². The molecule has 0 atom stereocenters. The number of nitrogens with one attached hydrogen (secondary N) is 2. The van der Waals surface area contributed by atoms with E-state index in [2.05, 4.69) is 20.0 Å². The molecule has 1 aromatic heterocycles. The van der Waals surface area contributed by atoms with Crippen molar-refractivity contribution < 1.29 is 17.2 Å². The molecule has 0 aliphatic rings. The zero-order valence-corrected chi connectivity index (χ0v) is 11.8. The minimum absolute atomic E-state index is 0.214. The summed E-state index contributed by atoms with van der Waals surface area (Å²) in [7, 11) is -4.01. The van der Waals surface area contributed by atoms with Crippen LogP contribution in [0.5, 0.6) is 0 Å². The number of rotatable bonds is 5. The average Bonchev–Trinajstić information content (AvgIpc) is 2.38. The third kappa shape index (κ3) is 3.85. The van der Waals surface area contributed by atoms with Crippen molar-refractivity contribution in [1.82, 2.24) is 9.97 Å². The molecule has 0 saturated carbocycles. The largest absolute Gasteiger partial charge is 0.355 e. The van der Waals surface area contributed by atoms with Crippen molar-refractivity contribution >= 4 is 21.7 Å². The fourth-order valence-corrected chi connectivity index (χ4v) is 2.46. The van der Waals surface area contributed by atoms with Gasteiger partial charge in [0.05, 0.1) is 18.1 Å². The molecule has 6 nitrogen and oxygen atoms in total. The molecular weight excluding hydrogens is 302 g/mol. The molecule has 112 valence electrons. The first-order valence-electron chi connectivity index (χ1n) is 5.95. The van der Waals surface area contributed by atoms with Crippen LogP contribution < -0.4 is 10.0 Å². The molecule has 2 N–H and O–H groups in total. The minimum atomic E-state index is -4.01. The summed E-state index contributed by atoms with van der Waals surface area (Å²) in [6, 6.07) is 2.38. The van der Waals surface area contributed by atoms with Crippen LogP contribution in [-0.2, 0) is 10.0 Å². The van der Waals surface area contributed by atoms with Gasteiger partial charge in [-0.25, -0.2) is 27.2 Å². The first kappa shape index (κ1) is 15.1. The number of hydrogen-bond acceptors (Lipinski definition) is 5. The molecule has 0 radical (unpaired) electrons. The maximum atomic E-state index is 13.0. The van der Waals surface area contributed by atoms with Gasteiger partial charge in [-0.2, -0.15) is 0 Å². The van der Waals surface area contributed by atoms with Crippen molar-refractivity contribution in [1.29, 1.82) is 0 Å². The lowest BCUT2D eigenvalue weighted by Gasteiger charge is -2.08. The summed E-state index contributed by atoms with van der Waals surface area (Å²) < 4.78 is 52.2. The molecule has 1 heterocycles. The maximum absolute atomic E-state index is 13.0. The van der Waals surface area contributed by atoms with Crippen LogP contribution in [0.1, 0.15) is 6.92 Å². The van der Waals surface area contributed by atoms with E-state index in [-0.39, 0.29) is 16.5 Å². The molecule has 2 aromatic rings. The first-order valence-corrected chi connectivity index (χ1v) is 7.44. The highest BCUT2D eigenvalue weighted by Crippen LogP contribution is 2.17. The molecule has 0 aliphatic carbocycles. The van der Waals surface area contributed by atoms with Crippen molar-refractivity contribution in [3.63, 3.8) is 0 Å². The van der Waals surface area contributed by atoms with Crippen molar-refractivity contribution in [2.24, 2.45) is 0 Å². The van der Waals surface area contributed by atoms with Gasteiger partial charge in [0.15, 0.2) is 0 Å². The lowest BCUT2D eigenvalue weighted by molar-refractivity contribution is 0.584. The molecule has 0 unspecified atom stereocenters. The van der Waals surface area contributed by atoms with E-state index < -0.39 is 21.7 Å². The SMILES string of the molecule is CCNc1ncc(S(=O)(=O)Nc2cc(F)cc(F)c2)cn1. The number of anilines is 2. The Bertz CT molecular complexity index is 715. The Kier molecular flexibility index (Phi) is 4.32. The van der Waals surface area contributed by atoms with Crippen LogP contribution in [-0.4, -0.2) is 24.9 Å². The van der Waals surface area contributed by atoms with Crippen molar-refractivity contribution in [3.8, 4) is 0 Å². The molecule has 0 aliphatic heterocycles. The Morgan fingerprint density at radius 1 is 1.10 bits per heavy atom.